The van der Waals surface area contributed by atoms with E-state index in [9.17, 15) is 10.4 Å². The summed E-state index contributed by atoms with van der Waals surface area (Å²) in [5.74, 6) is 0. The van der Waals surface area contributed by atoms with E-state index in [1.807, 2.05) is 32.0 Å². The Morgan fingerprint density at radius 3 is 2.59 bits per heavy atom. The van der Waals surface area contributed by atoms with E-state index in [0.29, 0.717) is 12.8 Å². The van der Waals surface area contributed by atoms with Crippen LogP contribution in [0.3, 0.4) is 0 Å². The molecule has 0 aliphatic heterocycles. The Bertz CT molecular complexity index is 456. The van der Waals surface area contributed by atoms with Gasteiger partial charge in [0.05, 0.1) is 11.7 Å². The highest BCUT2D eigenvalue weighted by atomic mass is 16.3. The first-order chi connectivity index (χ1) is 8.13. The van der Waals surface area contributed by atoms with Crippen molar-refractivity contribution in [2.75, 3.05) is 0 Å². The minimum atomic E-state index is -0.908. The highest BCUT2D eigenvalue weighted by Gasteiger charge is 2.53. The number of hydrogen-bond donors (Lipinski definition) is 1. The molecule has 0 radical (unpaired) electrons. The van der Waals surface area contributed by atoms with Gasteiger partial charge in [0.25, 0.3) is 0 Å². The van der Waals surface area contributed by atoms with Crippen LogP contribution < -0.4 is 0 Å². The number of aliphatic hydroxyl groups is 1. The van der Waals surface area contributed by atoms with Gasteiger partial charge in [-0.2, -0.15) is 5.26 Å². The van der Waals surface area contributed by atoms with Crippen molar-refractivity contribution in [1.82, 2.24) is 0 Å². The van der Waals surface area contributed by atoms with Crippen LogP contribution in [0.2, 0.25) is 0 Å². The molecule has 1 aliphatic carbocycles. The molecular weight excluding hydrogens is 210 g/mol. The van der Waals surface area contributed by atoms with Crippen molar-refractivity contribution in [3.63, 3.8) is 0 Å². The fourth-order valence-electron chi connectivity index (χ4n) is 3.17. The van der Waals surface area contributed by atoms with E-state index in [-0.39, 0.29) is 0 Å². The van der Waals surface area contributed by atoms with Crippen LogP contribution >= 0.6 is 0 Å². The quantitative estimate of drug-likeness (QED) is 0.866. The smallest absolute Gasteiger partial charge is 0.111 e. The van der Waals surface area contributed by atoms with Crippen molar-refractivity contribution in [1.29, 1.82) is 5.26 Å². The van der Waals surface area contributed by atoms with Crippen molar-refractivity contribution >= 4 is 0 Å². The first-order valence-electron chi connectivity index (χ1n) is 6.35. The Morgan fingerprint density at radius 2 is 2.00 bits per heavy atom. The second-order valence-corrected chi connectivity index (χ2v) is 4.91. The number of hydrogen-bond acceptors (Lipinski definition) is 2. The van der Waals surface area contributed by atoms with E-state index < -0.39 is 11.0 Å². The molecule has 2 rings (SSSR count). The molecular formula is C15H19NO. The van der Waals surface area contributed by atoms with Gasteiger partial charge in [0, 0.05) is 0 Å². The lowest BCUT2D eigenvalue weighted by molar-refractivity contribution is -0.0240. The van der Waals surface area contributed by atoms with Gasteiger partial charge in [-0.05, 0) is 36.8 Å². The van der Waals surface area contributed by atoms with Gasteiger partial charge in [-0.15, -0.1) is 0 Å². The SMILES string of the molecule is CCC(O)(CC)C1(C#N)CCc2ccccc21. The fourth-order valence-corrected chi connectivity index (χ4v) is 3.17. The van der Waals surface area contributed by atoms with Gasteiger partial charge in [0.1, 0.15) is 5.41 Å². The zero-order chi connectivity index (χ0) is 12.5. The Morgan fingerprint density at radius 1 is 1.35 bits per heavy atom. The van der Waals surface area contributed by atoms with Gasteiger partial charge in [0.15, 0.2) is 0 Å². The van der Waals surface area contributed by atoms with Gasteiger partial charge >= 0.3 is 0 Å². The summed E-state index contributed by atoms with van der Waals surface area (Å²) in [6.07, 6.45) is 2.86. The minimum absolute atomic E-state index is 0.616. The second kappa shape index (κ2) is 4.16. The molecule has 0 bridgehead atoms. The van der Waals surface area contributed by atoms with Crippen LogP contribution in [0.5, 0.6) is 0 Å². The third-order valence-electron chi connectivity index (χ3n) is 4.40. The number of fused-ring (bicyclic) bond motifs is 1. The highest BCUT2D eigenvalue weighted by Crippen LogP contribution is 2.48. The average Bonchev–Trinajstić information content (AvgIpc) is 2.78. The van der Waals surface area contributed by atoms with Crippen LogP contribution in [-0.4, -0.2) is 10.7 Å². The third-order valence-corrected chi connectivity index (χ3v) is 4.40. The van der Waals surface area contributed by atoms with Crippen LogP contribution in [0.4, 0.5) is 0 Å². The van der Waals surface area contributed by atoms with E-state index in [0.717, 1.165) is 18.4 Å². The molecule has 2 heteroatoms. The zero-order valence-corrected chi connectivity index (χ0v) is 10.5. The molecule has 2 nitrogen and oxygen atoms in total. The van der Waals surface area contributed by atoms with Crippen LogP contribution in [0.25, 0.3) is 0 Å². The Kier molecular flexibility index (Phi) is 2.97. The van der Waals surface area contributed by atoms with Gasteiger partial charge in [-0.1, -0.05) is 38.1 Å². The monoisotopic (exact) mass is 229 g/mol. The van der Waals surface area contributed by atoms with Crippen molar-refractivity contribution in [2.24, 2.45) is 0 Å². The summed E-state index contributed by atoms with van der Waals surface area (Å²) >= 11 is 0. The molecule has 0 amide bonds. The predicted molar refractivity (Wildman–Crippen MR) is 67.6 cm³/mol. The van der Waals surface area contributed by atoms with E-state index in [1.54, 1.807) is 0 Å². The van der Waals surface area contributed by atoms with Crippen molar-refractivity contribution in [3.05, 3.63) is 35.4 Å². The summed E-state index contributed by atoms with van der Waals surface area (Å²) in [4.78, 5) is 0. The van der Waals surface area contributed by atoms with Crippen molar-refractivity contribution < 1.29 is 5.11 Å². The third kappa shape index (κ3) is 1.50. The summed E-state index contributed by atoms with van der Waals surface area (Å²) in [5, 5.41) is 20.5. The van der Waals surface area contributed by atoms with Crippen LogP contribution in [0.15, 0.2) is 24.3 Å². The molecule has 0 heterocycles. The van der Waals surface area contributed by atoms with E-state index >= 15 is 0 Å². The van der Waals surface area contributed by atoms with Gasteiger partial charge in [0.2, 0.25) is 0 Å². The minimum Gasteiger partial charge on any atom is -0.388 e. The Labute approximate surface area is 103 Å². The first-order valence-corrected chi connectivity index (χ1v) is 6.35. The van der Waals surface area contributed by atoms with Crippen molar-refractivity contribution in [2.45, 2.75) is 50.5 Å². The van der Waals surface area contributed by atoms with E-state index in [1.165, 1.54) is 5.56 Å². The molecule has 1 unspecified atom stereocenters. The summed E-state index contributed by atoms with van der Waals surface area (Å²) < 4.78 is 0. The lowest BCUT2D eigenvalue weighted by Gasteiger charge is -2.40. The van der Waals surface area contributed by atoms with Gasteiger partial charge in [-0.3, -0.25) is 0 Å². The maximum atomic E-state index is 10.8. The molecule has 0 spiro atoms. The maximum absolute atomic E-state index is 10.8. The Balaban J connectivity index is 2.60. The zero-order valence-electron chi connectivity index (χ0n) is 10.5. The second-order valence-electron chi connectivity index (χ2n) is 4.91. The standard InChI is InChI=1S/C15H19NO/c1-3-15(17,4-2)14(11-16)10-9-12-7-5-6-8-13(12)14/h5-8,17H,3-4,9-10H2,1-2H3. The number of rotatable bonds is 3. The molecule has 17 heavy (non-hydrogen) atoms. The predicted octanol–water partition coefficient (Wildman–Crippen LogP) is 2.95. The largest absolute Gasteiger partial charge is 0.388 e. The number of benzene rings is 1. The van der Waals surface area contributed by atoms with Crippen LogP contribution in [0, 0.1) is 11.3 Å². The average molecular weight is 229 g/mol. The van der Waals surface area contributed by atoms with Gasteiger partial charge < -0.3 is 5.11 Å². The molecule has 1 aromatic carbocycles. The lowest BCUT2D eigenvalue weighted by Crippen LogP contribution is -2.48. The molecule has 0 saturated heterocycles. The van der Waals surface area contributed by atoms with E-state index in [4.69, 9.17) is 0 Å². The van der Waals surface area contributed by atoms with E-state index in [2.05, 4.69) is 12.1 Å². The number of nitriles is 1. The lowest BCUT2D eigenvalue weighted by atomic mass is 9.66. The summed E-state index contributed by atoms with van der Waals surface area (Å²) in [6.45, 7) is 3.92. The molecule has 90 valence electrons. The molecule has 0 fully saturated rings. The van der Waals surface area contributed by atoms with Crippen LogP contribution in [-0.2, 0) is 11.8 Å². The topological polar surface area (TPSA) is 44.0 Å². The summed E-state index contributed by atoms with van der Waals surface area (Å²) in [6, 6.07) is 10.5. The first kappa shape index (κ1) is 12.1. The molecule has 1 aromatic rings. The van der Waals surface area contributed by atoms with Gasteiger partial charge in [-0.25, -0.2) is 0 Å². The summed E-state index contributed by atoms with van der Waals surface area (Å²) in [7, 11) is 0. The molecule has 1 aliphatic rings. The maximum Gasteiger partial charge on any atom is 0.111 e. The number of nitrogens with zero attached hydrogens (tertiary/aromatic N) is 1. The summed E-state index contributed by atoms with van der Waals surface area (Å²) in [5.41, 5.74) is 0.629. The fraction of sp³-hybridized carbons (Fsp3) is 0.533. The Hall–Kier alpha value is -1.33. The molecule has 1 atom stereocenters. The molecule has 0 aromatic heterocycles. The van der Waals surface area contributed by atoms with Crippen LogP contribution in [0.1, 0.15) is 44.2 Å². The number of aryl methyl sites for hydroxylation is 1. The molecule has 1 N–H and O–H groups in total. The molecule has 0 saturated carbocycles. The highest BCUT2D eigenvalue weighted by molar-refractivity contribution is 5.47. The normalized spacial score (nSPS) is 23.2. The van der Waals surface area contributed by atoms with Crippen molar-refractivity contribution in [3.8, 4) is 6.07 Å².